The zero-order valence-corrected chi connectivity index (χ0v) is 10.8. The molecule has 0 aliphatic rings. The Balaban J connectivity index is 2.43. The Bertz CT molecular complexity index is 335. The van der Waals surface area contributed by atoms with Crippen LogP contribution in [0, 0.1) is 5.92 Å². The molecular formula is C12H18N2OS. The summed E-state index contributed by atoms with van der Waals surface area (Å²) in [5.74, 6) is 1.22. The van der Waals surface area contributed by atoms with E-state index < -0.39 is 0 Å². The molecule has 1 rings (SSSR count). The Morgan fingerprint density at radius 1 is 1.50 bits per heavy atom. The van der Waals surface area contributed by atoms with Crippen molar-refractivity contribution in [3.8, 4) is 0 Å². The Labute approximate surface area is 101 Å². The predicted octanol–water partition coefficient (Wildman–Crippen LogP) is 3.18. The molecule has 0 aliphatic heterocycles. The summed E-state index contributed by atoms with van der Waals surface area (Å²) in [6.45, 7) is 4.22. The molecule has 4 heteroatoms. The van der Waals surface area contributed by atoms with Gasteiger partial charge in [0.2, 0.25) is 5.91 Å². The lowest BCUT2D eigenvalue weighted by atomic mass is 10.1. The molecule has 0 bridgehead atoms. The first-order valence-electron chi connectivity index (χ1n) is 5.41. The largest absolute Gasteiger partial charge is 0.311 e. The van der Waals surface area contributed by atoms with Gasteiger partial charge < -0.3 is 5.32 Å². The topological polar surface area (TPSA) is 42.0 Å². The summed E-state index contributed by atoms with van der Waals surface area (Å²) in [7, 11) is 0. The first kappa shape index (κ1) is 13.0. The van der Waals surface area contributed by atoms with E-state index in [0.29, 0.717) is 18.2 Å². The molecule has 1 heterocycles. The summed E-state index contributed by atoms with van der Waals surface area (Å²) in [5.41, 5.74) is 0. The average molecular weight is 238 g/mol. The number of rotatable bonds is 5. The number of hydrogen-bond donors (Lipinski definition) is 1. The lowest BCUT2D eigenvalue weighted by Gasteiger charge is -2.06. The fourth-order valence-corrected chi connectivity index (χ4v) is 1.56. The maximum atomic E-state index is 11.5. The molecule has 0 fully saturated rings. The van der Waals surface area contributed by atoms with Gasteiger partial charge in [-0.05, 0) is 30.7 Å². The second kappa shape index (κ2) is 6.53. The molecule has 1 N–H and O–H groups in total. The van der Waals surface area contributed by atoms with Crippen molar-refractivity contribution in [2.75, 3.05) is 11.6 Å². The van der Waals surface area contributed by atoms with Crippen molar-refractivity contribution in [1.82, 2.24) is 4.98 Å². The smallest absolute Gasteiger partial charge is 0.225 e. The van der Waals surface area contributed by atoms with Gasteiger partial charge in [-0.3, -0.25) is 4.79 Å². The summed E-state index contributed by atoms with van der Waals surface area (Å²) in [4.78, 5) is 16.8. The molecule has 0 aromatic carbocycles. The van der Waals surface area contributed by atoms with Crippen molar-refractivity contribution < 1.29 is 4.79 Å². The minimum absolute atomic E-state index is 0.0399. The molecule has 0 saturated carbocycles. The third-order valence-electron chi connectivity index (χ3n) is 2.19. The van der Waals surface area contributed by atoms with E-state index in [0.717, 1.165) is 11.3 Å². The van der Waals surface area contributed by atoms with E-state index in [1.54, 1.807) is 18.0 Å². The molecule has 3 nitrogen and oxygen atoms in total. The molecule has 0 saturated heterocycles. The van der Waals surface area contributed by atoms with E-state index in [-0.39, 0.29) is 5.91 Å². The zero-order valence-electron chi connectivity index (χ0n) is 9.99. The van der Waals surface area contributed by atoms with Crippen molar-refractivity contribution in [1.29, 1.82) is 0 Å². The number of carbonyl (C=O) groups excluding carboxylic acids is 1. The summed E-state index contributed by atoms with van der Waals surface area (Å²) in [6.07, 6.45) is 5.24. The van der Waals surface area contributed by atoms with Gasteiger partial charge in [0.1, 0.15) is 5.82 Å². The number of nitrogens with one attached hydrogen (secondary N) is 1. The van der Waals surface area contributed by atoms with Gasteiger partial charge in [0.05, 0.1) is 0 Å². The Hall–Kier alpha value is -1.03. The van der Waals surface area contributed by atoms with Crippen LogP contribution in [0.5, 0.6) is 0 Å². The fourth-order valence-electron chi connectivity index (χ4n) is 1.20. The van der Waals surface area contributed by atoms with E-state index in [1.807, 2.05) is 18.4 Å². The number of thioether (sulfide) groups is 1. The van der Waals surface area contributed by atoms with Crippen LogP contribution >= 0.6 is 11.8 Å². The number of carbonyl (C=O) groups is 1. The molecule has 0 aliphatic carbocycles. The van der Waals surface area contributed by atoms with Crippen LogP contribution in [0.15, 0.2) is 23.2 Å². The highest BCUT2D eigenvalue weighted by Crippen LogP contribution is 2.15. The second-order valence-electron chi connectivity index (χ2n) is 4.06. The number of anilines is 1. The maximum Gasteiger partial charge on any atom is 0.225 e. The number of amides is 1. The highest BCUT2D eigenvalue weighted by molar-refractivity contribution is 7.98. The Kier molecular flexibility index (Phi) is 5.32. The van der Waals surface area contributed by atoms with E-state index in [4.69, 9.17) is 0 Å². The second-order valence-corrected chi connectivity index (χ2v) is 4.94. The highest BCUT2D eigenvalue weighted by atomic mass is 32.2. The Morgan fingerprint density at radius 2 is 2.25 bits per heavy atom. The average Bonchev–Trinajstić information content (AvgIpc) is 2.27. The number of aromatic nitrogens is 1. The van der Waals surface area contributed by atoms with Crippen LogP contribution in [0.4, 0.5) is 5.82 Å². The quantitative estimate of drug-likeness (QED) is 0.801. The molecular weight excluding hydrogens is 220 g/mol. The number of pyridine rings is 1. The summed E-state index contributed by atoms with van der Waals surface area (Å²) >= 11 is 1.64. The van der Waals surface area contributed by atoms with Crippen molar-refractivity contribution in [2.45, 2.75) is 31.6 Å². The number of hydrogen-bond acceptors (Lipinski definition) is 3. The highest BCUT2D eigenvalue weighted by Gasteiger charge is 2.04. The van der Waals surface area contributed by atoms with Gasteiger partial charge in [-0.2, -0.15) is 0 Å². The summed E-state index contributed by atoms with van der Waals surface area (Å²) < 4.78 is 0. The third-order valence-corrected chi connectivity index (χ3v) is 2.90. The minimum Gasteiger partial charge on any atom is -0.311 e. The fraction of sp³-hybridized carbons (Fsp3) is 0.500. The molecule has 0 unspecified atom stereocenters. The lowest BCUT2D eigenvalue weighted by molar-refractivity contribution is -0.116. The van der Waals surface area contributed by atoms with Gasteiger partial charge in [0, 0.05) is 17.5 Å². The van der Waals surface area contributed by atoms with Gasteiger partial charge in [-0.25, -0.2) is 4.98 Å². The molecule has 0 radical (unpaired) electrons. The first-order valence-corrected chi connectivity index (χ1v) is 6.64. The SMILES string of the molecule is CSc1ccc(NC(=O)CCC(C)C)nc1. The van der Waals surface area contributed by atoms with E-state index in [1.165, 1.54) is 0 Å². The summed E-state index contributed by atoms with van der Waals surface area (Å²) in [5, 5.41) is 2.79. The van der Waals surface area contributed by atoms with Crippen molar-refractivity contribution in [3.05, 3.63) is 18.3 Å². The first-order chi connectivity index (χ1) is 7.61. The van der Waals surface area contributed by atoms with E-state index in [9.17, 15) is 4.79 Å². The summed E-state index contributed by atoms with van der Waals surface area (Å²) in [6, 6.07) is 3.79. The molecule has 1 aromatic rings. The molecule has 16 heavy (non-hydrogen) atoms. The van der Waals surface area contributed by atoms with Gasteiger partial charge in [0.15, 0.2) is 0 Å². The van der Waals surface area contributed by atoms with Crippen molar-refractivity contribution in [3.63, 3.8) is 0 Å². The van der Waals surface area contributed by atoms with Gasteiger partial charge in [-0.15, -0.1) is 11.8 Å². The van der Waals surface area contributed by atoms with Crippen LogP contribution in [-0.4, -0.2) is 17.1 Å². The van der Waals surface area contributed by atoms with Crippen LogP contribution in [-0.2, 0) is 4.79 Å². The normalized spacial score (nSPS) is 10.5. The van der Waals surface area contributed by atoms with Crippen molar-refractivity contribution in [2.24, 2.45) is 5.92 Å². The van der Waals surface area contributed by atoms with E-state index in [2.05, 4.69) is 24.1 Å². The van der Waals surface area contributed by atoms with Crippen LogP contribution in [0.3, 0.4) is 0 Å². The van der Waals surface area contributed by atoms with Crippen LogP contribution in [0.1, 0.15) is 26.7 Å². The van der Waals surface area contributed by atoms with Crippen LogP contribution < -0.4 is 5.32 Å². The third kappa shape index (κ3) is 4.66. The minimum atomic E-state index is 0.0399. The number of nitrogens with zero attached hydrogens (tertiary/aromatic N) is 1. The molecule has 1 aromatic heterocycles. The standard InChI is InChI=1S/C12H18N2OS/c1-9(2)4-7-12(15)14-11-6-5-10(16-3)8-13-11/h5-6,8-9H,4,7H2,1-3H3,(H,13,14,15). The van der Waals surface area contributed by atoms with E-state index >= 15 is 0 Å². The lowest BCUT2D eigenvalue weighted by Crippen LogP contribution is -2.13. The van der Waals surface area contributed by atoms with Crippen LogP contribution in [0.25, 0.3) is 0 Å². The molecule has 88 valence electrons. The monoisotopic (exact) mass is 238 g/mol. The van der Waals surface area contributed by atoms with Gasteiger partial charge >= 0.3 is 0 Å². The molecule has 1 amide bonds. The maximum absolute atomic E-state index is 11.5. The van der Waals surface area contributed by atoms with Crippen molar-refractivity contribution >= 4 is 23.5 Å². The molecule has 0 spiro atoms. The predicted molar refractivity (Wildman–Crippen MR) is 68.7 cm³/mol. The van der Waals surface area contributed by atoms with Crippen LogP contribution in [0.2, 0.25) is 0 Å². The Morgan fingerprint density at radius 3 is 2.75 bits per heavy atom. The zero-order chi connectivity index (χ0) is 12.0. The van der Waals surface area contributed by atoms with Gasteiger partial charge in [-0.1, -0.05) is 13.8 Å². The molecule has 0 atom stereocenters. The van der Waals surface area contributed by atoms with Gasteiger partial charge in [0.25, 0.3) is 0 Å².